The fourth-order valence-corrected chi connectivity index (χ4v) is 2.51. The highest BCUT2D eigenvalue weighted by Gasteiger charge is 2.12. The molecule has 122 valence electrons. The predicted octanol–water partition coefficient (Wildman–Crippen LogP) is 4.89. The molecular formula is C18H20BrNO3. The molecule has 0 atom stereocenters. The lowest BCUT2D eigenvalue weighted by molar-refractivity contribution is 0.102. The van der Waals surface area contributed by atoms with Gasteiger partial charge in [0, 0.05) is 5.56 Å². The maximum atomic E-state index is 12.4. The number of hydrogen-bond acceptors (Lipinski definition) is 3. The summed E-state index contributed by atoms with van der Waals surface area (Å²) in [4.78, 5) is 12.4. The Kier molecular flexibility index (Phi) is 6.47. The van der Waals surface area contributed by atoms with Crippen molar-refractivity contribution in [2.24, 2.45) is 0 Å². The number of carbonyl (C=O) groups excluding carboxylic acids is 1. The zero-order chi connectivity index (χ0) is 16.7. The van der Waals surface area contributed by atoms with E-state index < -0.39 is 0 Å². The Labute approximate surface area is 144 Å². The quantitative estimate of drug-likeness (QED) is 0.746. The number of benzene rings is 2. The van der Waals surface area contributed by atoms with Crippen LogP contribution in [-0.4, -0.2) is 19.1 Å². The third-order valence-electron chi connectivity index (χ3n) is 3.09. The van der Waals surface area contributed by atoms with Crippen LogP contribution in [0.3, 0.4) is 0 Å². The van der Waals surface area contributed by atoms with Gasteiger partial charge in [0.1, 0.15) is 11.5 Å². The average Bonchev–Trinajstić information content (AvgIpc) is 2.55. The van der Waals surface area contributed by atoms with Gasteiger partial charge in [-0.3, -0.25) is 4.79 Å². The van der Waals surface area contributed by atoms with Crippen molar-refractivity contribution in [2.45, 2.75) is 20.3 Å². The number of carbonyl (C=O) groups is 1. The number of nitrogens with one attached hydrogen (secondary N) is 1. The molecule has 0 heterocycles. The fourth-order valence-electron chi connectivity index (χ4n) is 2.02. The summed E-state index contributed by atoms with van der Waals surface area (Å²) in [6.07, 6.45) is 0.933. The van der Waals surface area contributed by atoms with Gasteiger partial charge in [-0.1, -0.05) is 19.1 Å². The third kappa shape index (κ3) is 4.73. The molecule has 0 bridgehead atoms. The van der Waals surface area contributed by atoms with Gasteiger partial charge in [0.25, 0.3) is 5.91 Å². The Balaban J connectivity index is 2.13. The first-order valence-corrected chi connectivity index (χ1v) is 8.40. The molecular weight excluding hydrogens is 358 g/mol. The number of rotatable bonds is 7. The van der Waals surface area contributed by atoms with Crippen molar-refractivity contribution in [3.63, 3.8) is 0 Å². The molecule has 1 amide bonds. The standard InChI is InChI=1S/C18H20BrNO3/c1-3-11-23-16-10-9-13(12-14(16)19)18(21)20-15-7-5-6-8-17(15)22-4-2/h5-10,12H,3-4,11H2,1-2H3,(H,20,21). The lowest BCUT2D eigenvalue weighted by Crippen LogP contribution is -2.13. The molecule has 0 spiro atoms. The summed E-state index contributed by atoms with van der Waals surface area (Å²) in [5.74, 6) is 1.20. The van der Waals surface area contributed by atoms with Crippen LogP contribution in [0.4, 0.5) is 5.69 Å². The molecule has 0 aromatic heterocycles. The van der Waals surface area contributed by atoms with Gasteiger partial charge >= 0.3 is 0 Å². The second kappa shape index (κ2) is 8.58. The monoisotopic (exact) mass is 377 g/mol. The summed E-state index contributed by atoms with van der Waals surface area (Å²) < 4.78 is 11.9. The predicted molar refractivity (Wildman–Crippen MR) is 95.5 cm³/mol. The molecule has 2 rings (SSSR count). The summed E-state index contributed by atoms with van der Waals surface area (Å²) >= 11 is 3.44. The minimum atomic E-state index is -0.195. The number of halogens is 1. The number of para-hydroxylation sites is 2. The smallest absolute Gasteiger partial charge is 0.255 e. The third-order valence-corrected chi connectivity index (χ3v) is 3.71. The number of amides is 1. The van der Waals surface area contributed by atoms with Crippen LogP contribution in [0.25, 0.3) is 0 Å². The maximum Gasteiger partial charge on any atom is 0.255 e. The summed E-state index contributed by atoms with van der Waals surface area (Å²) in [6, 6.07) is 12.7. The lowest BCUT2D eigenvalue weighted by Gasteiger charge is -2.12. The average molecular weight is 378 g/mol. The fraction of sp³-hybridized carbons (Fsp3) is 0.278. The largest absolute Gasteiger partial charge is 0.492 e. The first-order valence-electron chi connectivity index (χ1n) is 7.61. The number of ether oxygens (including phenoxy) is 2. The summed E-state index contributed by atoms with van der Waals surface area (Å²) in [5, 5.41) is 2.88. The first-order chi connectivity index (χ1) is 11.2. The molecule has 0 fully saturated rings. The molecule has 4 nitrogen and oxygen atoms in total. The topological polar surface area (TPSA) is 47.6 Å². The molecule has 0 unspecified atom stereocenters. The van der Waals surface area contributed by atoms with Gasteiger partial charge in [-0.25, -0.2) is 0 Å². The van der Waals surface area contributed by atoms with Crippen molar-refractivity contribution in [1.82, 2.24) is 0 Å². The van der Waals surface area contributed by atoms with Gasteiger partial charge in [0.2, 0.25) is 0 Å². The van der Waals surface area contributed by atoms with Gasteiger partial charge in [-0.2, -0.15) is 0 Å². The number of anilines is 1. The molecule has 0 saturated heterocycles. The van der Waals surface area contributed by atoms with E-state index in [1.807, 2.05) is 38.1 Å². The van der Waals surface area contributed by atoms with E-state index in [9.17, 15) is 4.79 Å². The first kappa shape index (κ1) is 17.3. The van der Waals surface area contributed by atoms with Crippen molar-refractivity contribution in [3.05, 3.63) is 52.5 Å². The second-order valence-corrected chi connectivity index (χ2v) is 5.73. The summed E-state index contributed by atoms with van der Waals surface area (Å²) in [7, 11) is 0. The van der Waals surface area contributed by atoms with Crippen molar-refractivity contribution < 1.29 is 14.3 Å². The Hall–Kier alpha value is -2.01. The molecule has 0 aliphatic carbocycles. The molecule has 0 aliphatic rings. The van der Waals surface area contributed by atoms with E-state index in [1.54, 1.807) is 18.2 Å². The van der Waals surface area contributed by atoms with E-state index in [-0.39, 0.29) is 5.91 Å². The molecule has 5 heteroatoms. The van der Waals surface area contributed by atoms with Crippen molar-refractivity contribution in [3.8, 4) is 11.5 Å². The van der Waals surface area contributed by atoms with Crippen molar-refractivity contribution in [2.75, 3.05) is 18.5 Å². The molecule has 0 aliphatic heterocycles. The Morgan fingerprint density at radius 2 is 1.87 bits per heavy atom. The normalized spacial score (nSPS) is 10.2. The van der Waals surface area contributed by atoms with Gasteiger partial charge < -0.3 is 14.8 Å². The van der Waals surface area contributed by atoms with Gasteiger partial charge in [0.15, 0.2) is 0 Å². The molecule has 2 aromatic rings. The van der Waals surface area contributed by atoms with E-state index >= 15 is 0 Å². The van der Waals surface area contributed by atoms with Crippen LogP contribution in [0.5, 0.6) is 11.5 Å². The highest BCUT2D eigenvalue weighted by molar-refractivity contribution is 9.10. The van der Waals surface area contributed by atoms with E-state index in [2.05, 4.69) is 21.2 Å². The van der Waals surface area contributed by atoms with E-state index in [0.717, 1.165) is 16.6 Å². The van der Waals surface area contributed by atoms with E-state index in [4.69, 9.17) is 9.47 Å². The van der Waals surface area contributed by atoms with Crippen LogP contribution in [0.1, 0.15) is 30.6 Å². The van der Waals surface area contributed by atoms with Gasteiger partial charge in [0.05, 0.1) is 23.4 Å². The molecule has 23 heavy (non-hydrogen) atoms. The highest BCUT2D eigenvalue weighted by atomic mass is 79.9. The summed E-state index contributed by atoms with van der Waals surface area (Å²) in [5.41, 5.74) is 1.20. The van der Waals surface area contributed by atoms with Crippen molar-refractivity contribution in [1.29, 1.82) is 0 Å². The van der Waals surface area contributed by atoms with Crippen LogP contribution < -0.4 is 14.8 Å². The second-order valence-electron chi connectivity index (χ2n) is 4.88. The van der Waals surface area contributed by atoms with Crippen LogP contribution >= 0.6 is 15.9 Å². The minimum absolute atomic E-state index is 0.195. The van der Waals surface area contributed by atoms with Gasteiger partial charge in [-0.15, -0.1) is 0 Å². The lowest BCUT2D eigenvalue weighted by atomic mass is 10.2. The maximum absolute atomic E-state index is 12.4. The van der Waals surface area contributed by atoms with E-state index in [1.165, 1.54) is 0 Å². The van der Waals surface area contributed by atoms with Gasteiger partial charge in [-0.05, 0) is 59.6 Å². The molecule has 1 N–H and O–H groups in total. The Morgan fingerprint density at radius 3 is 2.57 bits per heavy atom. The molecule has 0 radical (unpaired) electrons. The SMILES string of the molecule is CCCOc1ccc(C(=O)Nc2ccccc2OCC)cc1Br. The van der Waals surface area contributed by atoms with Crippen LogP contribution in [-0.2, 0) is 0 Å². The van der Waals surface area contributed by atoms with Crippen LogP contribution in [0, 0.1) is 0 Å². The molecule has 0 saturated carbocycles. The van der Waals surface area contributed by atoms with Crippen LogP contribution in [0.15, 0.2) is 46.9 Å². The zero-order valence-corrected chi connectivity index (χ0v) is 14.9. The van der Waals surface area contributed by atoms with E-state index in [0.29, 0.717) is 30.2 Å². The van der Waals surface area contributed by atoms with Crippen molar-refractivity contribution >= 4 is 27.5 Å². The highest BCUT2D eigenvalue weighted by Crippen LogP contribution is 2.28. The molecule has 2 aromatic carbocycles. The number of hydrogen-bond donors (Lipinski definition) is 1. The minimum Gasteiger partial charge on any atom is -0.492 e. The summed E-state index contributed by atoms with van der Waals surface area (Å²) in [6.45, 7) is 5.14. The zero-order valence-electron chi connectivity index (χ0n) is 13.3. The Bertz CT molecular complexity index is 673. The Morgan fingerprint density at radius 1 is 1.09 bits per heavy atom. The van der Waals surface area contributed by atoms with Crippen LogP contribution in [0.2, 0.25) is 0 Å².